The van der Waals surface area contributed by atoms with E-state index in [9.17, 15) is 14.7 Å². The third kappa shape index (κ3) is 5.55. The Bertz CT molecular complexity index is 481. The molecule has 0 aliphatic carbocycles. The second kappa shape index (κ2) is 7.78. The Balaban J connectivity index is 2.57. The minimum absolute atomic E-state index is 0.0903. The molecule has 0 aliphatic heterocycles. The van der Waals surface area contributed by atoms with E-state index in [1.807, 2.05) is 6.92 Å². The van der Waals surface area contributed by atoms with E-state index in [4.69, 9.17) is 0 Å². The van der Waals surface area contributed by atoms with Gasteiger partial charge >= 0.3 is 0 Å². The first-order chi connectivity index (χ1) is 9.81. The molecule has 1 rings (SSSR count). The van der Waals surface area contributed by atoms with Crippen LogP contribution in [0.25, 0.3) is 0 Å². The summed E-state index contributed by atoms with van der Waals surface area (Å²) in [6, 6.07) is 6.59. The van der Waals surface area contributed by atoms with Crippen molar-refractivity contribution in [3.05, 3.63) is 35.4 Å². The van der Waals surface area contributed by atoms with Gasteiger partial charge in [-0.25, -0.2) is 0 Å². The lowest BCUT2D eigenvalue weighted by molar-refractivity contribution is 0.0826. The SMILES string of the molecule is CC(O)CC(C)CNC(=O)c1ccc(C(=O)N(C)C)cc1. The topological polar surface area (TPSA) is 69.6 Å². The average molecular weight is 292 g/mol. The van der Waals surface area contributed by atoms with Crippen LogP contribution in [0, 0.1) is 5.92 Å². The zero-order valence-corrected chi connectivity index (χ0v) is 13.1. The molecule has 0 heterocycles. The number of nitrogens with one attached hydrogen (secondary N) is 1. The van der Waals surface area contributed by atoms with E-state index in [0.29, 0.717) is 24.1 Å². The number of aliphatic hydroxyl groups excluding tert-OH is 1. The predicted octanol–water partition coefficient (Wildman–Crippen LogP) is 1.53. The van der Waals surface area contributed by atoms with Crippen molar-refractivity contribution < 1.29 is 14.7 Å². The Morgan fingerprint density at radius 1 is 1.14 bits per heavy atom. The van der Waals surface area contributed by atoms with Crippen LogP contribution >= 0.6 is 0 Å². The summed E-state index contributed by atoms with van der Waals surface area (Å²) in [4.78, 5) is 25.2. The van der Waals surface area contributed by atoms with Gasteiger partial charge < -0.3 is 15.3 Å². The number of hydrogen-bond acceptors (Lipinski definition) is 3. The van der Waals surface area contributed by atoms with Crippen LogP contribution in [0.2, 0.25) is 0 Å². The number of aliphatic hydroxyl groups is 1. The minimum Gasteiger partial charge on any atom is -0.393 e. The highest BCUT2D eigenvalue weighted by atomic mass is 16.3. The molecule has 5 heteroatoms. The highest BCUT2D eigenvalue weighted by Gasteiger charge is 2.12. The van der Waals surface area contributed by atoms with Crippen molar-refractivity contribution in [2.24, 2.45) is 5.92 Å². The highest BCUT2D eigenvalue weighted by molar-refractivity contribution is 5.97. The van der Waals surface area contributed by atoms with Crippen LogP contribution in [-0.2, 0) is 0 Å². The quantitative estimate of drug-likeness (QED) is 0.835. The smallest absolute Gasteiger partial charge is 0.253 e. The van der Waals surface area contributed by atoms with E-state index in [1.165, 1.54) is 4.90 Å². The maximum Gasteiger partial charge on any atom is 0.253 e. The summed E-state index contributed by atoms with van der Waals surface area (Å²) >= 11 is 0. The number of amides is 2. The Labute approximate surface area is 126 Å². The molecular weight excluding hydrogens is 268 g/mol. The molecule has 0 fully saturated rings. The molecule has 116 valence electrons. The van der Waals surface area contributed by atoms with Gasteiger partial charge in [0.15, 0.2) is 0 Å². The molecule has 0 spiro atoms. The summed E-state index contributed by atoms with van der Waals surface area (Å²) in [6.45, 7) is 4.23. The Kier molecular flexibility index (Phi) is 6.37. The molecule has 1 aromatic rings. The van der Waals surface area contributed by atoms with E-state index in [1.54, 1.807) is 45.3 Å². The van der Waals surface area contributed by atoms with Crippen LogP contribution in [0.4, 0.5) is 0 Å². The van der Waals surface area contributed by atoms with Gasteiger partial charge in [-0.1, -0.05) is 6.92 Å². The first kappa shape index (κ1) is 17.2. The molecule has 0 saturated heterocycles. The molecule has 2 N–H and O–H groups in total. The van der Waals surface area contributed by atoms with E-state index in [2.05, 4.69) is 5.32 Å². The van der Waals surface area contributed by atoms with Crippen LogP contribution in [0.1, 0.15) is 41.0 Å². The van der Waals surface area contributed by atoms with E-state index in [0.717, 1.165) is 0 Å². The zero-order valence-electron chi connectivity index (χ0n) is 13.1. The average Bonchev–Trinajstić information content (AvgIpc) is 2.43. The Hall–Kier alpha value is -1.88. The van der Waals surface area contributed by atoms with Crippen molar-refractivity contribution in [2.75, 3.05) is 20.6 Å². The number of hydrogen-bond donors (Lipinski definition) is 2. The number of carbonyl (C=O) groups is 2. The van der Waals surface area contributed by atoms with E-state index < -0.39 is 0 Å². The highest BCUT2D eigenvalue weighted by Crippen LogP contribution is 2.08. The maximum absolute atomic E-state index is 12.0. The van der Waals surface area contributed by atoms with Gasteiger partial charge in [0.1, 0.15) is 0 Å². The lowest BCUT2D eigenvalue weighted by atomic mass is 10.0. The predicted molar refractivity (Wildman–Crippen MR) is 82.3 cm³/mol. The number of carbonyl (C=O) groups excluding carboxylic acids is 2. The van der Waals surface area contributed by atoms with Crippen LogP contribution in [0.5, 0.6) is 0 Å². The molecule has 0 saturated carbocycles. The van der Waals surface area contributed by atoms with E-state index >= 15 is 0 Å². The third-order valence-electron chi connectivity index (χ3n) is 3.15. The lowest BCUT2D eigenvalue weighted by Gasteiger charge is -2.14. The molecular formula is C16H24N2O3. The molecule has 0 aliphatic rings. The molecule has 0 aromatic heterocycles. The van der Waals surface area contributed by atoms with Crippen molar-refractivity contribution >= 4 is 11.8 Å². The zero-order chi connectivity index (χ0) is 16.0. The summed E-state index contributed by atoms with van der Waals surface area (Å²) in [6.07, 6.45) is 0.282. The van der Waals surface area contributed by atoms with Gasteiger partial charge in [-0.15, -0.1) is 0 Å². The summed E-state index contributed by atoms with van der Waals surface area (Å²) in [7, 11) is 3.37. The molecule has 0 radical (unpaired) electrons. The second-order valence-corrected chi connectivity index (χ2v) is 5.68. The molecule has 0 bridgehead atoms. The molecule has 1 aromatic carbocycles. The first-order valence-electron chi connectivity index (χ1n) is 7.09. The van der Waals surface area contributed by atoms with Crippen molar-refractivity contribution in [2.45, 2.75) is 26.4 Å². The molecule has 2 unspecified atom stereocenters. The van der Waals surface area contributed by atoms with Crippen LogP contribution in [-0.4, -0.2) is 48.6 Å². The molecule has 2 amide bonds. The Morgan fingerprint density at radius 3 is 2.14 bits per heavy atom. The molecule has 2 atom stereocenters. The van der Waals surface area contributed by atoms with Gasteiger partial charge in [0, 0.05) is 31.8 Å². The van der Waals surface area contributed by atoms with Gasteiger partial charge in [0.2, 0.25) is 0 Å². The fourth-order valence-corrected chi connectivity index (χ4v) is 2.06. The normalized spacial score (nSPS) is 13.4. The largest absolute Gasteiger partial charge is 0.393 e. The third-order valence-corrected chi connectivity index (χ3v) is 3.15. The van der Waals surface area contributed by atoms with Crippen molar-refractivity contribution in [1.82, 2.24) is 10.2 Å². The van der Waals surface area contributed by atoms with Crippen LogP contribution in [0.3, 0.4) is 0 Å². The van der Waals surface area contributed by atoms with Crippen LogP contribution in [0.15, 0.2) is 24.3 Å². The fraction of sp³-hybridized carbons (Fsp3) is 0.500. The lowest BCUT2D eigenvalue weighted by Crippen LogP contribution is -2.29. The molecule has 5 nitrogen and oxygen atoms in total. The minimum atomic E-state index is -0.367. The van der Waals surface area contributed by atoms with Crippen molar-refractivity contribution in [1.29, 1.82) is 0 Å². The summed E-state index contributed by atoms with van der Waals surface area (Å²) in [5.41, 5.74) is 1.08. The van der Waals surface area contributed by atoms with E-state index in [-0.39, 0.29) is 23.8 Å². The van der Waals surface area contributed by atoms with Crippen molar-refractivity contribution in [3.63, 3.8) is 0 Å². The number of rotatable bonds is 6. The van der Waals surface area contributed by atoms with Gasteiger partial charge in [-0.05, 0) is 43.5 Å². The van der Waals surface area contributed by atoms with Gasteiger partial charge in [0.05, 0.1) is 6.10 Å². The van der Waals surface area contributed by atoms with Crippen LogP contribution < -0.4 is 5.32 Å². The summed E-state index contributed by atoms with van der Waals surface area (Å²) in [5, 5.41) is 12.1. The Morgan fingerprint density at radius 2 is 1.67 bits per heavy atom. The monoisotopic (exact) mass is 292 g/mol. The van der Waals surface area contributed by atoms with Gasteiger partial charge in [-0.2, -0.15) is 0 Å². The van der Waals surface area contributed by atoms with Gasteiger partial charge in [0.25, 0.3) is 11.8 Å². The first-order valence-corrected chi connectivity index (χ1v) is 7.09. The summed E-state index contributed by atoms with van der Waals surface area (Å²) in [5.74, 6) is -0.0487. The summed E-state index contributed by atoms with van der Waals surface area (Å²) < 4.78 is 0. The van der Waals surface area contributed by atoms with Crippen molar-refractivity contribution in [3.8, 4) is 0 Å². The second-order valence-electron chi connectivity index (χ2n) is 5.68. The number of benzene rings is 1. The van der Waals surface area contributed by atoms with Gasteiger partial charge in [-0.3, -0.25) is 9.59 Å². The standard InChI is InChI=1S/C16H24N2O3/c1-11(9-12(2)19)10-17-15(20)13-5-7-14(8-6-13)16(21)18(3)4/h5-8,11-12,19H,9-10H2,1-4H3,(H,17,20). The molecule has 21 heavy (non-hydrogen) atoms. The number of nitrogens with zero attached hydrogens (tertiary/aromatic N) is 1. The fourth-order valence-electron chi connectivity index (χ4n) is 2.06. The maximum atomic E-state index is 12.0.